The molecule has 0 aliphatic rings. The molecule has 0 bridgehead atoms. The maximum Gasteiger partial charge on any atom is 0.328 e. The Bertz CT molecular complexity index is 378. The molecule has 1 N–H and O–H groups in total. The molecule has 4 nitrogen and oxygen atoms in total. The number of aromatic nitrogens is 2. The van der Waals surface area contributed by atoms with Gasteiger partial charge < -0.3 is 5.32 Å². The predicted molar refractivity (Wildman–Crippen MR) is 71.3 cm³/mol. The summed E-state index contributed by atoms with van der Waals surface area (Å²) < 4.78 is 3.54. The number of nitrogens with zero attached hydrogens (tertiary/aromatic N) is 2. The van der Waals surface area contributed by atoms with Crippen molar-refractivity contribution in [1.82, 2.24) is 14.5 Å². The van der Waals surface area contributed by atoms with Crippen molar-refractivity contribution >= 4 is 0 Å². The van der Waals surface area contributed by atoms with Gasteiger partial charge in [-0.3, -0.25) is 9.13 Å². The standard InChI is InChI=1S/C13H25N3O/c1-5-7-14-12(11(3)4)10-16-9-8-15(6-2)13(16)17/h8-9,11-12,14H,5-7,10H2,1-4H3. The van der Waals surface area contributed by atoms with Crippen LogP contribution in [0.4, 0.5) is 0 Å². The smallest absolute Gasteiger partial charge is 0.312 e. The van der Waals surface area contributed by atoms with Crippen LogP contribution in [0.1, 0.15) is 34.1 Å². The monoisotopic (exact) mass is 239 g/mol. The van der Waals surface area contributed by atoms with Gasteiger partial charge in [-0.2, -0.15) is 0 Å². The Morgan fingerprint density at radius 3 is 2.35 bits per heavy atom. The quantitative estimate of drug-likeness (QED) is 0.786. The highest BCUT2D eigenvalue weighted by Gasteiger charge is 2.14. The number of aryl methyl sites for hydroxylation is 1. The highest BCUT2D eigenvalue weighted by Crippen LogP contribution is 2.04. The van der Waals surface area contributed by atoms with Crippen LogP contribution in [0.15, 0.2) is 17.2 Å². The first kappa shape index (κ1) is 14.0. The van der Waals surface area contributed by atoms with Crippen molar-refractivity contribution in [3.05, 3.63) is 22.9 Å². The molecule has 1 heterocycles. The largest absolute Gasteiger partial charge is 0.328 e. The highest BCUT2D eigenvalue weighted by atomic mass is 16.1. The lowest BCUT2D eigenvalue weighted by Gasteiger charge is -2.22. The van der Waals surface area contributed by atoms with Crippen LogP contribution in [0.2, 0.25) is 0 Å². The van der Waals surface area contributed by atoms with Crippen molar-refractivity contribution in [3.63, 3.8) is 0 Å². The minimum Gasteiger partial charge on any atom is -0.312 e. The van der Waals surface area contributed by atoms with E-state index in [4.69, 9.17) is 0 Å². The molecule has 1 aromatic heterocycles. The molecule has 0 saturated carbocycles. The third-order valence-electron chi connectivity index (χ3n) is 3.11. The second kappa shape index (κ2) is 6.64. The molecule has 1 aromatic rings. The van der Waals surface area contributed by atoms with Gasteiger partial charge in [-0.25, -0.2) is 4.79 Å². The summed E-state index contributed by atoms with van der Waals surface area (Å²) in [6.45, 7) is 11.0. The van der Waals surface area contributed by atoms with Gasteiger partial charge >= 0.3 is 5.69 Å². The molecule has 0 saturated heterocycles. The molecule has 4 heteroatoms. The van der Waals surface area contributed by atoms with Crippen molar-refractivity contribution in [2.75, 3.05) is 6.54 Å². The summed E-state index contributed by atoms with van der Waals surface area (Å²) in [5, 5.41) is 3.50. The van der Waals surface area contributed by atoms with Crippen LogP contribution in [0.5, 0.6) is 0 Å². The fourth-order valence-electron chi connectivity index (χ4n) is 1.89. The first-order valence-electron chi connectivity index (χ1n) is 6.59. The van der Waals surface area contributed by atoms with Crippen LogP contribution in [-0.4, -0.2) is 21.7 Å². The zero-order valence-electron chi connectivity index (χ0n) is 11.4. The maximum atomic E-state index is 11.9. The number of rotatable bonds is 7. The second-order valence-corrected chi connectivity index (χ2v) is 4.82. The predicted octanol–water partition coefficient (Wildman–Crippen LogP) is 1.69. The Balaban J connectivity index is 2.72. The Morgan fingerprint density at radius 1 is 1.24 bits per heavy atom. The molecule has 0 aliphatic carbocycles. The van der Waals surface area contributed by atoms with Crippen LogP contribution in [-0.2, 0) is 13.1 Å². The lowest BCUT2D eigenvalue weighted by Crippen LogP contribution is -2.40. The summed E-state index contributed by atoms with van der Waals surface area (Å²) in [7, 11) is 0. The van der Waals surface area contributed by atoms with E-state index in [-0.39, 0.29) is 5.69 Å². The molecule has 98 valence electrons. The van der Waals surface area contributed by atoms with E-state index < -0.39 is 0 Å². The van der Waals surface area contributed by atoms with E-state index in [9.17, 15) is 4.79 Å². The molecule has 1 unspecified atom stereocenters. The van der Waals surface area contributed by atoms with Gasteiger partial charge in [-0.1, -0.05) is 20.8 Å². The lowest BCUT2D eigenvalue weighted by atomic mass is 10.0. The number of imidazole rings is 1. The van der Waals surface area contributed by atoms with Gasteiger partial charge in [-0.15, -0.1) is 0 Å². The highest BCUT2D eigenvalue weighted by molar-refractivity contribution is 4.84. The molecule has 0 radical (unpaired) electrons. The van der Waals surface area contributed by atoms with E-state index in [1.807, 2.05) is 19.3 Å². The van der Waals surface area contributed by atoms with Crippen LogP contribution in [0, 0.1) is 5.92 Å². The van der Waals surface area contributed by atoms with Gasteiger partial charge in [0.15, 0.2) is 0 Å². The summed E-state index contributed by atoms with van der Waals surface area (Å²) >= 11 is 0. The SMILES string of the molecule is CCCNC(Cn1ccn(CC)c1=O)C(C)C. The molecule has 1 rings (SSSR count). The fourth-order valence-corrected chi connectivity index (χ4v) is 1.89. The lowest BCUT2D eigenvalue weighted by molar-refractivity contribution is 0.351. The molecule has 17 heavy (non-hydrogen) atoms. The number of hydrogen-bond acceptors (Lipinski definition) is 2. The third kappa shape index (κ3) is 3.73. The van der Waals surface area contributed by atoms with Crippen LogP contribution < -0.4 is 11.0 Å². The van der Waals surface area contributed by atoms with Crippen molar-refractivity contribution in [2.45, 2.75) is 53.2 Å². The summed E-state index contributed by atoms with van der Waals surface area (Å²) in [5.41, 5.74) is 0.0939. The van der Waals surface area contributed by atoms with Crippen LogP contribution in [0.3, 0.4) is 0 Å². The van der Waals surface area contributed by atoms with E-state index in [1.165, 1.54) is 0 Å². The first-order valence-corrected chi connectivity index (χ1v) is 6.59. The van der Waals surface area contributed by atoms with E-state index in [0.717, 1.165) is 26.1 Å². The normalized spacial score (nSPS) is 13.2. The van der Waals surface area contributed by atoms with Gasteiger partial charge in [-0.05, 0) is 25.8 Å². The zero-order valence-corrected chi connectivity index (χ0v) is 11.4. The molecular weight excluding hydrogens is 214 g/mol. The van der Waals surface area contributed by atoms with Gasteiger partial charge in [0, 0.05) is 31.5 Å². The summed E-state index contributed by atoms with van der Waals surface area (Å²) in [4.78, 5) is 11.9. The second-order valence-electron chi connectivity index (χ2n) is 4.82. The van der Waals surface area contributed by atoms with Gasteiger partial charge in [0.1, 0.15) is 0 Å². The molecule has 0 aliphatic heterocycles. The zero-order chi connectivity index (χ0) is 12.8. The van der Waals surface area contributed by atoms with Crippen molar-refractivity contribution in [3.8, 4) is 0 Å². The Kier molecular flexibility index (Phi) is 5.48. The molecule has 0 aromatic carbocycles. The fraction of sp³-hybridized carbons (Fsp3) is 0.769. The maximum absolute atomic E-state index is 11.9. The average Bonchev–Trinajstić information content (AvgIpc) is 2.65. The molecule has 0 fully saturated rings. The Labute approximate surface area is 104 Å². The Hall–Kier alpha value is -1.03. The number of nitrogens with one attached hydrogen (secondary N) is 1. The van der Waals surface area contributed by atoms with E-state index in [0.29, 0.717) is 12.0 Å². The van der Waals surface area contributed by atoms with Crippen molar-refractivity contribution < 1.29 is 0 Å². The topological polar surface area (TPSA) is 39.0 Å². The van der Waals surface area contributed by atoms with Crippen LogP contribution in [0.25, 0.3) is 0 Å². The summed E-state index contributed by atoms with van der Waals surface area (Å²) in [5.74, 6) is 0.526. The molecular formula is C13H25N3O. The number of hydrogen-bond donors (Lipinski definition) is 1. The third-order valence-corrected chi connectivity index (χ3v) is 3.11. The van der Waals surface area contributed by atoms with Crippen LogP contribution >= 0.6 is 0 Å². The van der Waals surface area contributed by atoms with E-state index >= 15 is 0 Å². The average molecular weight is 239 g/mol. The van der Waals surface area contributed by atoms with Crippen molar-refractivity contribution in [2.24, 2.45) is 5.92 Å². The van der Waals surface area contributed by atoms with Gasteiger partial charge in [0.25, 0.3) is 0 Å². The molecule has 0 spiro atoms. The molecule has 0 amide bonds. The summed E-state index contributed by atoms with van der Waals surface area (Å²) in [6, 6.07) is 0.361. The van der Waals surface area contributed by atoms with Crippen molar-refractivity contribution in [1.29, 1.82) is 0 Å². The molecule has 1 atom stereocenters. The van der Waals surface area contributed by atoms with Gasteiger partial charge in [0.05, 0.1) is 0 Å². The Morgan fingerprint density at radius 2 is 1.88 bits per heavy atom. The van der Waals surface area contributed by atoms with E-state index in [2.05, 4.69) is 26.1 Å². The minimum absolute atomic E-state index is 0.0939. The van der Waals surface area contributed by atoms with Gasteiger partial charge in [0.2, 0.25) is 0 Å². The van der Waals surface area contributed by atoms with E-state index in [1.54, 1.807) is 9.13 Å². The minimum atomic E-state index is 0.0939. The first-order chi connectivity index (χ1) is 8.10. The summed E-state index contributed by atoms with van der Waals surface area (Å²) in [6.07, 6.45) is 4.86.